The van der Waals surface area contributed by atoms with E-state index in [-0.39, 0.29) is 25.3 Å². The van der Waals surface area contributed by atoms with Crippen molar-refractivity contribution in [2.45, 2.75) is 45.1 Å². The Bertz CT molecular complexity index is 1010. The largest absolute Gasteiger partial charge is 0.341 e. The minimum atomic E-state index is 0. The van der Waals surface area contributed by atoms with E-state index < -0.39 is 0 Å². The van der Waals surface area contributed by atoms with Gasteiger partial charge in [-0.15, -0.1) is 0 Å². The lowest BCUT2D eigenvalue weighted by Crippen LogP contribution is -2.54. The molecule has 8 heteroatoms. The summed E-state index contributed by atoms with van der Waals surface area (Å²) in [5.41, 5.74) is 1.78. The number of hydrogen-bond donors (Lipinski definition) is 1. The van der Waals surface area contributed by atoms with Gasteiger partial charge in [0.2, 0.25) is 0 Å². The predicted octanol–water partition coefficient (Wildman–Crippen LogP) is 5.76. The summed E-state index contributed by atoms with van der Waals surface area (Å²) in [6.07, 6.45) is 3.92. The molecule has 2 heterocycles. The molecule has 196 valence electrons. The third-order valence-electron chi connectivity index (χ3n) is 7.18. The number of carbonyl (C=O) groups excluding carboxylic acids is 2. The van der Waals surface area contributed by atoms with E-state index in [9.17, 15) is 9.59 Å². The van der Waals surface area contributed by atoms with Gasteiger partial charge in [-0.3, -0.25) is 4.79 Å². The van der Waals surface area contributed by atoms with E-state index in [2.05, 4.69) is 10.2 Å². The molecule has 0 bridgehead atoms. The van der Waals surface area contributed by atoms with Gasteiger partial charge in [-0.05, 0) is 62.1 Å². The highest BCUT2D eigenvalue weighted by Gasteiger charge is 2.30. The molecule has 2 aromatic rings. The summed E-state index contributed by atoms with van der Waals surface area (Å²) in [6.45, 7) is 5.11. The second kappa shape index (κ2) is 13.3. The molecule has 0 spiro atoms. The zero-order chi connectivity index (χ0) is 24.8. The first-order valence-electron chi connectivity index (χ1n) is 12.4. The van der Waals surface area contributed by atoms with Crippen molar-refractivity contribution in [3.05, 3.63) is 69.7 Å². The Hall–Kier alpha value is -2.28. The maximum absolute atomic E-state index is 13.0. The van der Waals surface area contributed by atoms with E-state index >= 15 is 0 Å². The van der Waals surface area contributed by atoms with Crippen molar-refractivity contribution < 1.29 is 9.59 Å². The van der Waals surface area contributed by atoms with E-state index in [1.807, 2.05) is 60.5 Å². The minimum absolute atomic E-state index is 0. The molecule has 0 unspecified atom stereocenters. The van der Waals surface area contributed by atoms with Crippen LogP contribution < -0.4 is 5.32 Å². The van der Waals surface area contributed by atoms with Crippen LogP contribution in [0.2, 0.25) is 10.0 Å². The number of nitrogens with one attached hydrogen (secondary N) is 1. The van der Waals surface area contributed by atoms with Crippen LogP contribution in [0.5, 0.6) is 0 Å². The molecule has 2 saturated heterocycles. The van der Waals surface area contributed by atoms with Gasteiger partial charge in [0, 0.05) is 57.3 Å². The molecule has 4 rings (SSSR count). The topological polar surface area (TPSA) is 55.9 Å². The van der Waals surface area contributed by atoms with Crippen LogP contribution in [0.15, 0.2) is 48.5 Å². The van der Waals surface area contributed by atoms with E-state index in [1.54, 1.807) is 4.90 Å². The van der Waals surface area contributed by atoms with Crippen molar-refractivity contribution in [2.24, 2.45) is 0 Å². The fourth-order valence-corrected chi connectivity index (χ4v) is 5.44. The lowest BCUT2D eigenvalue weighted by atomic mass is 9.93. The van der Waals surface area contributed by atoms with Gasteiger partial charge in [-0.1, -0.05) is 54.9 Å². The summed E-state index contributed by atoms with van der Waals surface area (Å²) in [5.74, 6) is 0.143. The number of carbonyl (C=O) groups is 2. The molecule has 0 aromatic heterocycles. The van der Waals surface area contributed by atoms with Crippen LogP contribution in [0.4, 0.5) is 4.79 Å². The number of benzene rings is 2. The minimum Gasteiger partial charge on any atom is -0.341 e. The third kappa shape index (κ3) is 7.15. The third-order valence-corrected chi connectivity index (χ3v) is 7.92. The van der Waals surface area contributed by atoms with Crippen LogP contribution in [0.3, 0.4) is 0 Å². The van der Waals surface area contributed by atoms with E-state index in [0.717, 1.165) is 64.0 Å². The maximum Gasteiger partial charge on any atom is 0.317 e. The summed E-state index contributed by atoms with van der Waals surface area (Å²) >= 11 is 12.5. The van der Waals surface area contributed by atoms with Gasteiger partial charge in [0.1, 0.15) is 0 Å². The summed E-state index contributed by atoms with van der Waals surface area (Å²) in [6, 6.07) is 15.6. The highest BCUT2D eigenvalue weighted by molar-refractivity contribution is 6.42. The second-order valence-electron chi connectivity index (χ2n) is 9.56. The number of amides is 3. The second-order valence-corrected chi connectivity index (χ2v) is 10.4. The maximum atomic E-state index is 13.0. The monoisotopic (exact) mass is 532 g/mol. The first-order valence-corrected chi connectivity index (χ1v) is 13.2. The summed E-state index contributed by atoms with van der Waals surface area (Å²) in [4.78, 5) is 31.5. The molecule has 0 saturated carbocycles. The Morgan fingerprint density at radius 1 is 1.08 bits per heavy atom. The molecule has 36 heavy (non-hydrogen) atoms. The molecule has 2 fully saturated rings. The molecule has 1 atom stereocenters. The molecule has 1 N–H and O–H groups in total. The molecular formula is C28H38Cl2N4O2. The van der Waals surface area contributed by atoms with Crippen LogP contribution in [0.25, 0.3) is 0 Å². The van der Waals surface area contributed by atoms with E-state index in [1.165, 1.54) is 0 Å². The van der Waals surface area contributed by atoms with Gasteiger partial charge in [-0.2, -0.15) is 0 Å². The number of likely N-dealkylation sites (N-methyl/N-ethyl adjacent to an activating group) is 1. The quantitative estimate of drug-likeness (QED) is 0.470. The van der Waals surface area contributed by atoms with E-state index in [4.69, 9.17) is 23.2 Å². The molecule has 0 radical (unpaired) electrons. The molecule has 3 amide bonds. The van der Waals surface area contributed by atoms with Crippen molar-refractivity contribution in [1.82, 2.24) is 20.0 Å². The Labute approximate surface area is 225 Å². The molecule has 2 aliphatic heterocycles. The molecule has 6 nitrogen and oxygen atoms in total. The lowest BCUT2D eigenvalue weighted by Gasteiger charge is -2.40. The van der Waals surface area contributed by atoms with Gasteiger partial charge < -0.3 is 20.0 Å². The first-order chi connectivity index (χ1) is 16.9. The number of rotatable bonds is 8. The van der Waals surface area contributed by atoms with Crippen LogP contribution in [0.1, 0.15) is 54.9 Å². The van der Waals surface area contributed by atoms with Gasteiger partial charge in [0.15, 0.2) is 0 Å². The van der Waals surface area contributed by atoms with Crippen LogP contribution in [-0.2, 0) is 0 Å². The van der Waals surface area contributed by atoms with Crippen molar-refractivity contribution in [3.63, 3.8) is 0 Å². The van der Waals surface area contributed by atoms with Gasteiger partial charge in [0.05, 0.1) is 10.0 Å². The van der Waals surface area contributed by atoms with Gasteiger partial charge >= 0.3 is 6.03 Å². The van der Waals surface area contributed by atoms with E-state index in [0.29, 0.717) is 28.2 Å². The molecule has 0 aliphatic carbocycles. The fourth-order valence-electron chi connectivity index (χ4n) is 5.13. The normalized spacial score (nSPS) is 17.8. The summed E-state index contributed by atoms with van der Waals surface area (Å²) < 4.78 is 0. The van der Waals surface area contributed by atoms with Crippen LogP contribution in [-0.4, -0.2) is 79.0 Å². The fraction of sp³-hybridized carbons (Fsp3) is 0.500. The Balaban J connectivity index is 0.00000361. The molecular weight excluding hydrogens is 495 g/mol. The number of nitrogens with zero attached hydrogens (tertiary/aromatic N) is 3. The average molecular weight is 534 g/mol. The first kappa shape index (κ1) is 28.3. The smallest absolute Gasteiger partial charge is 0.317 e. The number of urea groups is 1. The summed E-state index contributed by atoms with van der Waals surface area (Å²) in [5, 5.41) is 4.04. The predicted molar refractivity (Wildman–Crippen MR) is 148 cm³/mol. The summed E-state index contributed by atoms with van der Waals surface area (Å²) in [7, 11) is 1.86. The molecule has 2 aromatic carbocycles. The zero-order valence-electron chi connectivity index (χ0n) is 20.3. The Kier molecular flexibility index (Phi) is 10.5. The van der Waals surface area contributed by atoms with Crippen molar-refractivity contribution >= 4 is 35.1 Å². The Morgan fingerprint density at radius 3 is 2.47 bits per heavy atom. The lowest BCUT2D eigenvalue weighted by molar-refractivity contribution is 0.0778. The average Bonchev–Trinajstić information content (AvgIpc) is 2.89. The SMILES string of the molecule is C.CN(C[C@@H](CCN1CCC(N2CCCNC2=O)CC1)c1ccc(Cl)c(Cl)c1)C(=O)c1ccccc1. The van der Waals surface area contributed by atoms with Crippen molar-refractivity contribution in [2.75, 3.05) is 46.3 Å². The Morgan fingerprint density at radius 2 is 1.81 bits per heavy atom. The van der Waals surface area contributed by atoms with Crippen LogP contribution >= 0.6 is 23.2 Å². The molecule has 2 aliphatic rings. The highest BCUT2D eigenvalue weighted by Crippen LogP contribution is 2.30. The van der Waals surface area contributed by atoms with Crippen LogP contribution in [0, 0.1) is 0 Å². The van der Waals surface area contributed by atoms with Crippen molar-refractivity contribution in [1.29, 1.82) is 0 Å². The number of piperidine rings is 1. The number of likely N-dealkylation sites (tertiary alicyclic amines) is 1. The van der Waals surface area contributed by atoms with Crippen molar-refractivity contribution in [3.8, 4) is 0 Å². The van der Waals surface area contributed by atoms with Gasteiger partial charge in [-0.25, -0.2) is 4.79 Å². The number of hydrogen-bond acceptors (Lipinski definition) is 3. The standard InChI is InChI=1S/C27H34Cl2N4O2.CH4/c1-31(26(34)20-6-3-2-4-7-20)19-22(21-8-9-24(28)25(29)18-21)10-15-32-16-11-23(12-17-32)33-14-5-13-30-27(33)35;/h2-4,6-9,18,22-23H,5,10-17,19H2,1H3,(H,30,35);1H4/t22-;/m1./s1. The number of halogens is 2. The van der Waals surface area contributed by atoms with Gasteiger partial charge in [0.25, 0.3) is 5.91 Å². The zero-order valence-corrected chi connectivity index (χ0v) is 21.8. The highest BCUT2D eigenvalue weighted by atomic mass is 35.5.